The Morgan fingerprint density at radius 3 is 1.50 bits per heavy atom. The van der Waals surface area contributed by atoms with E-state index in [0.717, 1.165) is 0 Å². The van der Waals surface area contributed by atoms with Crippen LogP contribution < -0.4 is 0 Å². The summed E-state index contributed by atoms with van der Waals surface area (Å²) >= 11 is -1.65. The summed E-state index contributed by atoms with van der Waals surface area (Å²) in [7, 11) is 11.2. The molecule has 0 rings (SSSR count). The summed E-state index contributed by atoms with van der Waals surface area (Å²) in [4.78, 5) is 0. The van der Waals surface area contributed by atoms with Crippen LogP contribution in [0, 0.1) is 0 Å². The predicted octanol–water partition coefficient (Wildman–Crippen LogP) is 2.16. The first-order valence-corrected chi connectivity index (χ1v) is 14.1. The van der Waals surface area contributed by atoms with E-state index in [0.29, 0.717) is 0 Å². The summed E-state index contributed by atoms with van der Waals surface area (Å²) in [6.07, 6.45) is 0. The molecule has 0 aromatic carbocycles. The third-order valence-corrected chi connectivity index (χ3v) is 20.1. The van der Waals surface area contributed by atoms with Gasteiger partial charge in [-0.15, -0.1) is 0 Å². The number of hydrogen-bond donors (Lipinski definition) is 0. The third kappa shape index (κ3) is 3.86. The quantitative estimate of drug-likeness (QED) is 0.549. The van der Waals surface area contributed by atoms with E-state index in [1.165, 1.54) is 0 Å². The fraction of sp³-hybridized carbons (Fsp3) is 1.00. The molecule has 0 aromatic heterocycles. The second-order valence-corrected chi connectivity index (χ2v) is 24.2. The minimum absolute atomic E-state index is 0.224. The third-order valence-electron chi connectivity index (χ3n) is 0.378. The molecule has 0 aliphatic rings. The van der Waals surface area contributed by atoms with Gasteiger partial charge in [-0.3, -0.25) is 0 Å². The maximum absolute atomic E-state index is 5.62. The number of rotatable bonds is 0. The SMILES string of the molecule is C[Si](C)=[Zr]([Cl])[Cl]. The molecule has 0 fully saturated rings. The van der Waals surface area contributed by atoms with E-state index in [-0.39, 0.29) is 5.43 Å². The van der Waals surface area contributed by atoms with E-state index >= 15 is 0 Å². The molecule has 0 spiro atoms. The molecule has 0 saturated carbocycles. The molecular formula is C2H6Cl2SiZr. The van der Waals surface area contributed by atoms with Crippen molar-refractivity contribution >= 4 is 22.5 Å². The van der Waals surface area contributed by atoms with Crippen molar-refractivity contribution in [1.82, 2.24) is 0 Å². The Bertz CT molecular complexity index is 61.6. The van der Waals surface area contributed by atoms with Crippen LogP contribution in [-0.2, 0) is 18.0 Å². The van der Waals surface area contributed by atoms with Gasteiger partial charge >= 0.3 is 53.5 Å². The molecule has 0 N–H and O–H groups in total. The van der Waals surface area contributed by atoms with Gasteiger partial charge in [0.15, 0.2) is 0 Å². The van der Waals surface area contributed by atoms with Gasteiger partial charge in [0.25, 0.3) is 0 Å². The van der Waals surface area contributed by atoms with Crippen molar-refractivity contribution in [3.8, 4) is 0 Å². The van der Waals surface area contributed by atoms with Crippen molar-refractivity contribution in [3.05, 3.63) is 0 Å². The molecule has 0 nitrogen and oxygen atoms in total. The molecular weight excluding hydrogens is 214 g/mol. The van der Waals surface area contributed by atoms with Crippen LogP contribution in [0.1, 0.15) is 0 Å². The minimum atomic E-state index is -1.65. The van der Waals surface area contributed by atoms with E-state index in [1.807, 2.05) is 0 Å². The number of halogens is 2. The Labute approximate surface area is 53.1 Å². The molecule has 36 valence electrons. The van der Waals surface area contributed by atoms with Crippen LogP contribution in [0.15, 0.2) is 0 Å². The van der Waals surface area contributed by atoms with Gasteiger partial charge in [-0.25, -0.2) is 0 Å². The van der Waals surface area contributed by atoms with Crippen LogP contribution in [0.3, 0.4) is 0 Å². The normalized spacial score (nSPS) is 8.00. The zero-order valence-corrected chi connectivity index (χ0v) is 8.73. The van der Waals surface area contributed by atoms with E-state index in [2.05, 4.69) is 13.1 Å². The van der Waals surface area contributed by atoms with Crippen LogP contribution in [0.5, 0.6) is 0 Å². The van der Waals surface area contributed by atoms with Crippen LogP contribution >= 0.6 is 17.0 Å². The Balaban J connectivity index is 3.68. The Morgan fingerprint density at radius 1 is 1.33 bits per heavy atom. The fourth-order valence-electron chi connectivity index (χ4n) is 0. The van der Waals surface area contributed by atoms with Gasteiger partial charge in [0.05, 0.1) is 0 Å². The average molecular weight is 220 g/mol. The summed E-state index contributed by atoms with van der Waals surface area (Å²) in [5, 5.41) is 0. The molecule has 0 aromatic rings. The zero-order valence-electron chi connectivity index (χ0n) is 3.76. The van der Waals surface area contributed by atoms with Crippen molar-refractivity contribution in [1.29, 1.82) is 0 Å². The molecule has 0 unspecified atom stereocenters. The molecule has 0 aliphatic heterocycles. The number of hydrogen-bond acceptors (Lipinski definition) is 0. The van der Waals surface area contributed by atoms with Gasteiger partial charge < -0.3 is 0 Å². The van der Waals surface area contributed by atoms with Crippen molar-refractivity contribution in [3.63, 3.8) is 0 Å². The van der Waals surface area contributed by atoms with Crippen molar-refractivity contribution in [2.24, 2.45) is 0 Å². The van der Waals surface area contributed by atoms with Crippen molar-refractivity contribution in [2.45, 2.75) is 13.1 Å². The second-order valence-electron chi connectivity index (χ2n) is 1.26. The van der Waals surface area contributed by atoms with Crippen molar-refractivity contribution in [2.75, 3.05) is 0 Å². The molecule has 0 amide bonds. The zero-order chi connectivity index (χ0) is 5.15. The van der Waals surface area contributed by atoms with Crippen molar-refractivity contribution < 1.29 is 18.0 Å². The van der Waals surface area contributed by atoms with Gasteiger partial charge in [-0.05, 0) is 0 Å². The summed E-state index contributed by atoms with van der Waals surface area (Å²) in [6, 6.07) is 0. The summed E-state index contributed by atoms with van der Waals surface area (Å²) in [5.74, 6) is 0. The van der Waals surface area contributed by atoms with Gasteiger partial charge in [0.1, 0.15) is 0 Å². The van der Waals surface area contributed by atoms with Gasteiger partial charge in [0, 0.05) is 0 Å². The average Bonchev–Trinajstić information content (AvgIpc) is 1.36. The molecule has 0 atom stereocenters. The summed E-state index contributed by atoms with van der Waals surface area (Å²) < 4.78 is 0. The van der Waals surface area contributed by atoms with Crippen LogP contribution in [-0.4, -0.2) is 5.43 Å². The molecule has 0 bridgehead atoms. The first-order chi connectivity index (χ1) is 2.64. The first-order valence-electron chi connectivity index (χ1n) is 1.63. The van der Waals surface area contributed by atoms with Gasteiger partial charge in [-0.2, -0.15) is 0 Å². The van der Waals surface area contributed by atoms with Crippen LogP contribution in [0.25, 0.3) is 0 Å². The van der Waals surface area contributed by atoms with E-state index in [9.17, 15) is 0 Å². The van der Waals surface area contributed by atoms with E-state index in [4.69, 9.17) is 17.0 Å². The van der Waals surface area contributed by atoms with E-state index in [1.54, 1.807) is 0 Å². The molecule has 0 radical (unpaired) electrons. The molecule has 0 saturated heterocycles. The van der Waals surface area contributed by atoms with Gasteiger partial charge in [0.2, 0.25) is 0 Å². The molecule has 0 aliphatic carbocycles. The summed E-state index contributed by atoms with van der Waals surface area (Å²) in [6.45, 7) is 4.33. The van der Waals surface area contributed by atoms with Gasteiger partial charge in [-0.1, -0.05) is 0 Å². The van der Waals surface area contributed by atoms with Crippen LogP contribution in [0.2, 0.25) is 13.1 Å². The molecule has 4 heteroatoms. The standard InChI is InChI=1S/C2H6Si.2ClH.Zr/c1-3-2;;;/h1-2H3;2*1H;/q;;;+2/p-2. The molecule has 6 heavy (non-hydrogen) atoms. The fourth-order valence-corrected chi connectivity index (χ4v) is 0. The van der Waals surface area contributed by atoms with Crippen LogP contribution in [0.4, 0.5) is 0 Å². The predicted molar refractivity (Wildman–Crippen MR) is 29.2 cm³/mol. The van der Waals surface area contributed by atoms with E-state index < -0.39 is 18.0 Å². The molecule has 0 heterocycles. The summed E-state index contributed by atoms with van der Waals surface area (Å²) in [5.41, 5.74) is -0.224. The Hall–Kier alpha value is 1.68. The Kier molecular flexibility index (Phi) is 4.68. The Morgan fingerprint density at radius 2 is 1.50 bits per heavy atom. The first kappa shape index (κ1) is 7.68. The monoisotopic (exact) mass is 218 g/mol. The topological polar surface area (TPSA) is 0 Å². The second kappa shape index (κ2) is 3.65. The maximum atomic E-state index is 5.62.